The molecule has 2 aromatic heterocycles. The molecule has 0 aliphatic carbocycles. The normalized spacial score (nSPS) is 12.6. The summed E-state index contributed by atoms with van der Waals surface area (Å²) in [5.41, 5.74) is 3.22. The van der Waals surface area contributed by atoms with Crippen LogP contribution < -0.4 is 15.4 Å². The quantitative estimate of drug-likeness (QED) is 0.417. The molecule has 0 aliphatic heterocycles. The van der Waals surface area contributed by atoms with Gasteiger partial charge in [-0.2, -0.15) is 5.10 Å². The third-order valence-corrected chi connectivity index (χ3v) is 4.99. The van der Waals surface area contributed by atoms with Crippen molar-refractivity contribution in [1.82, 2.24) is 20.4 Å². The zero-order valence-electron chi connectivity index (χ0n) is 18.2. The van der Waals surface area contributed by atoms with E-state index < -0.39 is 0 Å². The van der Waals surface area contributed by atoms with Crippen molar-refractivity contribution in [1.29, 1.82) is 0 Å². The number of guanidine groups is 1. The van der Waals surface area contributed by atoms with Gasteiger partial charge in [-0.15, -0.1) is 0 Å². The van der Waals surface area contributed by atoms with Crippen LogP contribution in [0.4, 0.5) is 0 Å². The van der Waals surface area contributed by atoms with Gasteiger partial charge in [0.05, 0.1) is 37.2 Å². The van der Waals surface area contributed by atoms with Gasteiger partial charge in [0, 0.05) is 20.0 Å². The number of nitrogens with zero attached hydrogens (tertiary/aromatic N) is 3. The number of nitrogens with one attached hydrogen (secondary N) is 2. The first-order valence-corrected chi connectivity index (χ1v) is 10.3. The van der Waals surface area contributed by atoms with E-state index in [9.17, 15) is 0 Å². The molecule has 3 aromatic rings. The van der Waals surface area contributed by atoms with Gasteiger partial charge < -0.3 is 19.8 Å². The second-order valence-corrected chi connectivity index (χ2v) is 7.11. The van der Waals surface area contributed by atoms with Gasteiger partial charge in [-0.25, -0.2) is 9.67 Å². The molecule has 0 spiro atoms. The van der Waals surface area contributed by atoms with Crippen molar-refractivity contribution in [3.8, 4) is 5.88 Å². The number of aryl methyl sites for hydroxylation is 2. The molecule has 0 saturated heterocycles. The van der Waals surface area contributed by atoms with Crippen LogP contribution in [0.2, 0.25) is 0 Å². The van der Waals surface area contributed by atoms with E-state index in [2.05, 4.69) is 41.7 Å². The summed E-state index contributed by atoms with van der Waals surface area (Å²) in [5.74, 6) is 2.44. The Morgan fingerprint density at radius 1 is 1.23 bits per heavy atom. The molecular formula is C23H31N5O2. The molecule has 160 valence electrons. The number of furan rings is 1. The predicted octanol–water partition coefficient (Wildman–Crippen LogP) is 3.62. The Hall–Kier alpha value is -3.22. The Bertz CT molecular complexity index is 932. The van der Waals surface area contributed by atoms with E-state index in [0.29, 0.717) is 13.1 Å². The average molecular weight is 410 g/mol. The Morgan fingerprint density at radius 3 is 2.70 bits per heavy atom. The number of hydrogen-bond donors (Lipinski definition) is 2. The van der Waals surface area contributed by atoms with Crippen LogP contribution in [0.15, 0.2) is 58.1 Å². The lowest BCUT2D eigenvalue weighted by Gasteiger charge is -2.19. The Kier molecular flexibility index (Phi) is 7.54. The molecule has 30 heavy (non-hydrogen) atoms. The first kappa shape index (κ1) is 21.5. The maximum Gasteiger partial charge on any atom is 0.216 e. The molecule has 1 atom stereocenters. The minimum absolute atomic E-state index is 0.113. The van der Waals surface area contributed by atoms with E-state index in [1.54, 1.807) is 18.1 Å². The molecular weight excluding hydrogens is 378 g/mol. The molecule has 7 nitrogen and oxygen atoms in total. The summed E-state index contributed by atoms with van der Waals surface area (Å²) in [5, 5.41) is 11.5. The van der Waals surface area contributed by atoms with Crippen molar-refractivity contribution in [2.75, 3.05) is 13.7 Å². The maximum absolute atomic E-state index is 5.55. The van der Waals surface area contributed by atoms with Gasteiger partial charge in [-0.3, -0.25) is 0 Å². The van der Waals surface area contributed by atoms with Gasteiger partial charge in [0.15, 0.2) is 5.96 Å². The highest BCUT2D eigenvalue weighted by atomic mass is 16.5. The van der Waals surface area contributed by atoms with Crippen LogP contribution in [0.1, 0.15) is 42.5 Å². The number of aromatic nitrogens is 2. The highest BCUT2D eigenvalue weighted by Gasteiger charge is 2.16. The second-order valence-electron chi connectivity index (χ2n) is 7.11. The van der Waals surface area contributed by atoms with Crippen LogP contribution in [-0.4, -0.2) is 29.4 Å². The van der Waals surface area contributed by atoms with Crippen LogP contribution in [0.5, 0.6) is 5.88 Å². The van der Waals surface area contributed by atoms with Crippen molar-refractivity contribution >= 4 is 5.96 Å². The molecule has 3 rings (SSSR count). The van der Waals surface area contributed by atoms with Crippen molar-refractivity contribution in [3.05, 3.63) is 71.3 Å². The van der Waals surface area contributed by atoms with Crippen LogP contribution in [0.25, 0.3) is 0 Å². The summed E-state index contributed by atoms with van der Waals surface area (Å²) in [6.45, 7) is 5.41. The van der Waals surface area contributed by atoms with Crippen LogP contribution in [0, 0.1) is 0 Å². The molecule has 0 amide bonds. The summed E-state index contributed by atoms with van der Waals surface area (Å²) in [6.07, 6.45) is 3.31. The topological polar surface area (TPSA) is 76.6 Å². The molecule has 2 N–H and O–H groups in total. The molecule has 1 aromatic carbocycles. The van der Waals surface area contributed by atoms with E-state index in [1.807, 2.05) is 37.4 Å². The fourth-order valence-corrected chi connectivity index (χ4v) is 3.40. The van der Waals surface area contributed by atoms with Crippen molar-refractivity contribution in [2.24, 2.45) is 12.0 Å². The van der Waals surface area contributed by atoms with Crippen molar-refractivity contribution in [3.63, 3.8) is 0 Å². The fourth-order valence-electron chi connectivity index (χ4n) is 3.40. The fraction of sp³-hybridized carbons (Fsp3) is 0.391. The zero-order valence-corrected chi connectivity index (χ0v) is 18.2. The van der Waals surface area contributed by atoms with Crippen LogP contribution >= 0.6 is 0 Å². The van der Waals surface area contributed by atoms with Gasteiger partial charge in [0.2, 0.25) is 5.88 Å². The average Bonchev–Trinajstić information content (AvgIpc) is 3.39. The highest BCUT2D eigenvalue weighted by molar-refractivity contribution is 5.80. The van der Waals surface area contributed by atoms with Crippen molar-refractivity contribution < 1.29 is 9.15 Å². The monoisotopic (exact) mass is 409 g/mol. The van der Waals surface area contributed by atoms with Crippen LogP contribution in [-0.2, 0) is 26.4 Å². The molecule has 7 heteroatoms. The number of rotatable bonds is 9. The van der Waals surface area contributed by atoms with E-state index in [1.165, 1.54) is 5.56 Å². The standard InChI is InChI=1S/C23H31N5O2/c1-5-21-20(22(29-4)28(3)27-21)16-25-23(24-14-13-19-12-9-15-30-19)26-17(2)18-10-7-6-8-11-18/h6-12,15,17H,5,13-14,16H2,1-4H3,(H2,24,25,26). The number of aliphatic imine (C=N–C) groups is 1. The minimum Gasteiger partial charge on any atom is -0.481 e. The number of methoxy groups -OCH3 is 1. The second kappa shape index (κ2) is 10.5. The molecule has 0 saturated carbocycles. The third kappa shape index (κ3) is 5.43. The molecule has 1 unspecified atom stereocenters. The molecule has 0 aliphatic rings. The first-order valence-electron chi connectivity index (χ1n) is 10.3. The maximum atomic E-state index is 5.55. The third-order valence-electron chi connectivity index (χ3n) is 4.99. The number of ether oxygens (including phenoxy) is 1. The van der Waals surface area contributed by atoms with Gasteiger partial charge in [-0.1, -0.05) is 37.3 Å². The lowest BCUT2D eigenvalue weighted by atomic mass is 10.1. The first-order chi connectivity index (χ1) is 14.6. The number of hydrogen-bond acceptors (Lipinski definition) is 4. The highest BCUT2D eigenvalue weighted by Crippen LogP contribution is 2.23. The van der Waals surface area contributed by atoms with Crippen LogP contribution in [0.3, 0.4) is 0 Å². The Balaban J connectivity index is 1.75. The minimum atomic E-state index is 0.113. The summed E-state index contributed by atoms with van der Waals surface area (Å²) in [7, 11) is 3.56. The van der Waals surface area contributed by atoms with E-state index in [0.717, 1.165) is 41.7 Å². The molecule has 2 heterocycles. The molecule has 0 fully saturated rings. The lowest BCUT2D eigenvalue weighted by molar-refractivity contribution is 0.369. The summed E-state index contributed by atoms with van der Waals surface area (Å²) in [6, 6.07) is 14.3. The van der Waals surface area contributed by atoms with E-state index in [4.69, 9.17) is 14.1 Å². The summed E-state index contributed by atoms with van der Waals surface area (Å²) in [4.78, 5) is 4.84. The van der Waals surface area contributed by atoms with Gasteiger partial charge >= 0.3 is 0 Å². The lowest BCUT2D eigenvalue weighted by Crippen LogP contribution is -2.39. The molecule has 0 radical (unpaired) electrons. The number of benzene rings is 1. The van der Waals surface area contributed by atoms with Gasteiger partial charge in [0.1, 0.15) is 5.76 Å². The Labute approximate surface area is 178 Å². The predicted molar refractivity (Wildman–Crippen MR) is 119 cm³/mol. The van der Waals surface area contributed by atoms with Gasteiger partial charge in [-0.05, 0) is 31.0 Å². The van der Waals surface area contributed by atoms with Crippen molar-refractivity contribution in [2.45, 2.75) is 39.3 Å². The van der Waals surface area contributed by atoms with E-state index in [-0.39, 0.29) is 6.04 Å². The SMILES string of the molecule is CCc1nn(C)c(OC)c1CN=C(NCCc1ccco1)NC(C)c1ccccc1. The Morgan fingerprint density at radius 2 is 2.03 bits per heavy atom. The largest absolute Gasteiger partial charge is 0.481 e. The summed E-state index contributed by atoms with van der Waals surface area (Å²) < 4.78 is 12.8. The summed E-state index contributed by atoms with van der Waals surface area (Å²) >= 11 is 0. The van der Waals surface area contributed by atoms with Gasteiger partial charge in [0.25, 0.3) is 0 Å². The molecule has 0 bridgehead atoms. The zero-order chi connectivity index (χ0) is 21.3. The van der Waals surface area contributed by atoms with E-state index >= 15 is 0 Å². The smallest absolute Gasteiger partial charge is 0.216 e.